The SMILES string of the molecule is CSc1ccc(CC(=O)N2CCC(c3nc(C(=O)NCc4ccc(C(F)(F)F)cc4)cs3)CC2)cc1. The van der Waals surface area contributed by atoms with Crippen LogP contribution in [-0.4, -0.2) is 41.0 Å². The third kappa shape index (κ3) is 6.67. The smallest absolute Gasteiger partial charge is 0.347 e. The Morgan fingerprint density at radius 2 is 1.69 bits per heavy atom. The highest BCUT2D eigenvalue weighted by molar-refractivity contribution is 7.98. The lowest BCUT2D eigenvalue weighted by atomic mass is 9.97. The van der Waals surface area contributed by atoms with Crippen LogP contribution < -0.4 is 5.32 Å². The summed E-state index contributed by atoms with van der Waals surface area (Å²) >= 11 is 3.09. The van der Waals surface area contributed by atoms with Gasteiger partial charge in [-0.25, -0.2) is 4.98 Å². The van der Waals surface area contributed by atoms with E-state index in [1.165, 1.54) is 28.4 Å². The number of likely N-dealkylation sites (tertiary alicyclic amines) is 1. The van der Waals surface area contributed by atoms with Gasteiger partial charge in [-0.05, 0) is 54.5 Å². The molecule has 2 amide bonds. The molecule has 0 unspecified atom stereocenters. The number of thioether (sulfide) groups is 1. The fourth-order valence-electron chi connectivity index (χ4n) is 4.07. The lowest BCUT2D eigenvalue weighted by Gasteiger charge is -2.31. The van der Waals surface area contributed by atoms with Crippen LogP contribution in [0, 0.1) is 0 Å². The van der Waals surface area contributed by atoms with Crippen molar-refractivity contribution in [3.8, 4) is 0 Å². The van der Waals surface area contributed by atoms with Crippen LogP contribution in [0.5, 0.6) is 0 Å². The quantitative estimate of drug-likeness (QED) is 0.392. The van der Waals surface area contributed by atoms with Crippen molar-refractivity contribution in [3.05, 3.63) is 81.3 Å². The molecular weight excluding hydrogens is 507 g/mol. The van der Waals surface area contributed by atoms with Crippen LogP contribution in [0.25, 0.3) is 0 Å². The number of aromatic nitrogens is 1. The molecule has 0 atom stereocenters. The van der Waals surface area contributed by atoms with Gasteiger partial charge in [-0.3, -0.25) is 9.59 Å². The highest BCUT2D eigenvalue weighted by Crippen LogP contribution is 2.31. The van der Waals surface area contributed by atoms with E-state index in [9.17, 15) is 22.8 Å². The van der Waals surface area contributed by atoms with E-state index in [4.69, 9.17) is 0 Å². The lowest BCUT2D eigenvalue weighted by molar-refractivity contribution is -0.137. The number of nitrogens with one attached hydrogen (secondary N) is 1. The van der Waals surface area contributed by atoms with Crippen LogP contribution in [0.3, 0.4) is 0 Å². The minimum atomic E-state index is -4.39. The zero-order chi connectivity index (χ0) is 25.7. The average Bonchev–Trinajstić information content (AvgIpc) is 3.38. The second kappa shape index (κ2) is 11.5. The summed E-state index contributed by atoms with van der Waals surface area (Å²) in [6.45, 7) is 1.42. The molecule has 1 aromatic heterocycles. The first-order valence-corrected chi connectivity index (χ1v) is 13.6. The van der Waals surface area contributed by atoms with Gasteiger partial charge in [-0.15, -0.1) is 23.1 Å². The minimum absolute atomic E-state index is 0.115. The molecule has 1 saturated heterocycles. The van der Waals surface area contributed by atoms with Gasteiger partial charge in [-0.1, -0.05) is 24.3 Å². The highest BCUT2D eigenvalue weighted by atomic mass is 32.2. The molecule has 2 aromatic carbocycles. The van der Waals surface area contributed by atoms with Crippen LogP contribution in [0.4, 0.5) is 13.2 Å². The monoisotopic (exact) mass is 533 g/mol. The molecule has 0 spiro atoms. The van der Waals surface area contributed by atoms with Crippen LogP contribution in [-0.2, 0) is 23.9 Å². The number of thiazole rings is 1. The first kappa shape index (κ1) is 26.2. The lowest BCUT2D eigenvalue weighted by Crippen LogP contribution is -2.38. The Labute approximate surface area is 216 Å². The minimum Gasteiger partial charge on any atom is -0.347 e. The van der Waals surface area contributed by atoms with E-state index in [2.05, 4.69) is 10.3 Å². The van der Waals surface area contributed by atoms with E-state index < -0.39 is 11.7 Å². The molecule has 10 heteroatoms. The van der Waals surface area contributed by atoms with Gasteiger partial charge >= 0.3 is 6.18 Å². The third-order valence-electron chi connectivity index (χ3n) is 6.20. The van der Waals surface area contributed by atoms with Gasteiger partial charge in [0.05, 0.1) is 17.0 Å². The van der Waals surface area contributed by atoms with Gasteiger partial charge in [0.1, 0.15) is 5.69 Å². The summed E-state index contributed by atoms with van der Waals surface area (Å²) in [5, 5.41) is 5.28. The predicted octanol–water partition coefficient (Wildman–Crippen LogP) is 5.76. The molecule has 1 aliphatic heterocycles. The third-order valence-corrected chi connectivity index (χ3v) is 7.95. The van der Waals surface area contributed by atoms with E-state index in [1.54, 1.807) is 17.1 Å². The summed E-state index contributed by atoms with van der Waals surface area (Å²) in [5.74, 6) is -0.0540. The van der Waals surface area contributed by atoms with Gasteiger partial charge in [0, 0.05) is 35.8 Å². The number of halogens is 3. The number of piperidine rings is 1. The van der Waals surface area contributed by atoms with Gasteiger partial charge < -0.3 is 10.2 Å². The Morgan fingerprint density at radius 1 is 1.06 bits per heavy atom. The van der Waals surface area contributed by atoms with E-state index in [-0.39, 0.29) is 24.3 Å². The molecule has 0 radical (unpaired) electrons. The molecule has 5 nitrogen and oxygen atoms in total. The zero-order valence-electron chi connectivity index (χ0n) is 19.7. The summed E-state index contributed by atoms with van der Waals surface area (Å²) in [7, 11) is 0. The fraction of sp³-hybridized carbons (Fsp3) is 0.346. The number of benzene rings is 2. The van der Waals surface area contributed by atoms with Gasteiger partial charge in [0.25, 0.3) is 5.91 Å². The number of alkyl halides is 3. The summed E-state index contributed by atoms with van der Waals surface area (Å²) < 4.78 is 38.1. The number of amides is 2. The number of nitrogens with zero attached hydrogens (tertiary/aromatic N) is 2. The number of hydrogen-bond acceptors (Lipinski definition) is 5. The van der Waals surface area contributed by atoms with Gasteiger partial charge in [-0.2, -0.15) is 13.2 Å². The second-order valence-electron chi connectivity index (χ2n) is 8.63. The molecule has 0 saturated carbocycles. The summed E-state index contributed by atoms with van der Waals surface area (Å²) in [6.07, 6.45) is -0.401. The maximum Gasteiger partial charge on any atom is 0.416 e. The molecule has 2 heterocycles. The molecule has 4 rings (SSSR count). The van der Waals surface area contributed by atoms with Crippen LogP contribution in [0.15, 0.2) is 58.8 Å². The number of carbonyl (C=O) groups is 2. The summed E-state index contributed by atoms with van der Waals surface area (Å²) in [6, 6.07) is 12.8. The largest absolute Gasteiger partial charge is 0.416 e. The molecule has 1 aliphatic rings. The Balaban J connectivity index is 1.25. The fourth-order valence-corrected chi connectivity index (χ4v) is 5.45. The molecular formula is C26H26F3N3O2S2. The number of rotatable bonds is 7. The van der Waals surface area contributed by atoms with Crippen LogP contribution >= 0.6 is 23.1 Å². The van der Waals surface area contributed by atoms with E-state index >= 15 is 0 Å². The highest BCUT2D eigenvalue weighted by Gasteiger charge is 2.30. The Kier molecular flexibility index (Phi) is 8.35. The van der Waals surface area contributed by atoms with Crippen molar-refractivity contribution in [1.82, 2.24) is 15.2 Å². The predicted molar refractivity (Wildman–Crippen MR) is 135 cm³/mol. The number of hydrogen-bond donors (Lipinski definition) is 1. The van der Waals surface area contributed by atoms with Crippen molar-refractivity contribution in [1.29, 1.82) is 0 Å². The molecule has 0 bridgehead atoms. The van der Waals surface area contributed by atoms with Crippen molar-refractivity contribution in [3.63, 3.8) is 0 Å². The van der Waals surface area contributed by atoms with Crippen molar-refractivity contribution in [2.75, 3.05) is 19.3 Å². The van der Waals surface area contributed by atoms with Gasteiger partial charge in [0.2, 0.25) is 5.91 Å². The Bertz CT molecular complexity index is 1190. The van der Waals surface area contributed by atoms with Crippen LogP contribution in [0.2, 0.25) is 0 Å². The van der Waals surface area contributed by atoms with E-state index in [1.807, 2.05) is 35.4 Å². The first-order valence-electron chi connectivity index (χ1n) is 11.5. The summed E-state index contributed by atoms with van der Waals surface area (Å²) in [5.41, 5.74) is 1.16. The molecule has 0 aliphatic carbocycles. The van der Waals surface area contributed by atoms with Crippen molar-refractivity contribution < 1.29 is 22.8 Å². The van der Waals surface area contributed by atoms with Crippen molar-refractivity contribution in [2.45, 2.75) is 42.8 Å². The zero-order valence-corrected chi connectivity index (χ0v) is 21.3. The van der Waals surface area contributed by atoms with Crippen molar-refractivity contribution >= 4 is 34.9 Å². The van der Waals surface area contributed by atoms with Crippen molar-refractivity contribution in [2.24, 2.45) is 0 Å². The molecule has 190 valence electrons. The van der Waals surface area contributed by atoms with E-state index in [0.29, 0.717) is 30.8 Å². The molecule has 36 heavy (non-hydrogen) atoms. The average molecular weight is 534 g/mol. The second-order valence-corrected chi connectivity index (χ2v) is 10.4. The standard InChI is InChI=1S/C26H26F3N3O2S2/c1-35-21-8-4-17(5-9-21)14-23(33)32-12-10-19(11-13-32)25-31-22(16-36-25)24(34)30-15-18-2-6-20(7-3-18)26(27,28)29/h2-9,16,19H,10-15H2,1H3,(H,30,34). The molecule has 1 N–H and O–H groups in total. The normalized spacial score (nSPS) is 14.6. The Morgan fingerprint density at radius 3 is 2.31 bits per heavy atom. The summed E-state index contributed by atoms with van der Waals surface area (Å²) in [4.78, 5) is 32.8. The maximum absolute atomic E-state index is 12.7. The van der Waals surface area contributed by atoms with Crippen LogP contribution in [0.1, 0.15) is 50.9 Å². The number of carbonyl (C=O) groups excluding carboxylic acids is 2. The van der Waals surface area contributed by atoms with E-state index in [0.717, 1.165) is 35.5 Å². The van der Waals surface area contributed by atoms with Gasteiger partial charge in [0.15, 0.2) is 0 Å². The first-order chi connectivity index (χ1) is 17.2. The Hall–Kier alpha value is -2.85. The maximum atomic E-state index is 12.7. The molecule has 3 aromatic rings. The topological polar surface area (TPSA) is 62.3 Å². The molecule has 1 fully saturated rings.